The Hall–Kier alpha value is -1.95. The summed E-state index contributed by atoms with van der Waals surface area (Å²) < 4.78 is 4.96. The number of ether oxygens (including phenoxy) is 1. The van der Waals surface area contributed by atoms with Gasteiger partial charge in [-0.15, -0.1) is 0 Å². The number of nitrogens with two attached hydrogens (primary N) is 1. The lowest BCUT2D eigenvalue weighted by molar-refractivity contribution is -0.103. The third kappa shape index (κ3) is 2.24. The molecule has 0 radical (unpaired) electrons. The van der Waals surface area contributed by atoms with Crippen molar-refractivity contribution in [3.63, 3.8) is 0 Å². The highest BCUT2D eigenvalue weighted by atomic mass is 16.5. The zero-order valence-corrected chi connectivity index (χ0v) is 7.20. The lowest BCUT2D eigenvalue weighted by Gasteiger charge is -2.02. The molecular formula is C10H9NO2. The van der Waals surface area contributed by atoms with Crippen molar-refractivity contribution >= 4 is 12.0 Å². The molecule has 0 aromatic heterocycles. The van der Waals surface area contributed by atoms with Gasteiger partial charge in [-0.05, 0) is 24.1 Å². The SMILES string of the molecule is COc1ccc(C#CC=O)cc1N. The molecule has 0 amide bonds. The third-order valence-electron chi connectivity index (χ3n) is 1.51. The van der Waals surface area contributed by atoms with Crippen molar-refractivity contribution in [2.75, 3.05) is 12.8 Å². The monoisotopic (exact) mass is 175 g/mol. The van der Waals surface area contributed by atoms with Crippen LogP contribution < -0.4 is 10.5 Å². The van der Waals surface area contributed by atoms with Crippen molar-refractivity contribution in [3.05, 3.63) is 23.8 Å². The molecule has 1 aromatic rings. The molecule has 0 aliphatic heterocycles. The summed E-state index contributed by atoms with van der Waals surface area (Å²) in [6.45, 7) is 0. The smallest absolute Gasteiger partial charge is 0.193 e. The Balaban J connectivity index is 3.02. The van der Waals surface area contributed by atoms with E-state index >= 15 is 0 Å². The van der Waals surface area contributed by atoms with E-state index in [9.17, 15) is 4.79 Å². The maximum atomic E-state index is 9.96. The minimum atomic E-state index is 0.514. The first-order valence-corrected chi connectivity index (χ1v) is 3.66. The Morgan fingerprint density at radius 2 is 2.31 bits per heavy atom. The molecule has 0 spiro atoms. The number of hydrogen-bond acceptors (Lipinski definition) is 3. The number of benzene rings is 1. The molecule has 0 saturated heterocycles. The highest BCUT2D eigenvalue weighted by Gasteiger charge is 1.97. The van der Waals surface area contributed by atoms with Crippen molar-refractivity contribution < 1.29 is 9.53 Å². The molecule has 0 aliphatic carbocycles. The second-order valence-corrected chi connectivity index (χ2v) is 2.34. The molecular weight excluding hydrogens is 166 g/mol. The maximum Gasteiger partial charge on any atom is 0.193 e. The third-order valence-corrected chi connectivity index (χ3v) is 1.51. The first-order valence-electron chi connectivity index (χ1n) is 3.66. The Morgan fingerprint density at radius 3 is 2.85 bits per heavy atom. The quantitative estimate of drug-likeness (QED) is 0.390. The zero-order chi connectivity index (χ0) is 9.68. The summed E-state index contributed by atoms with van der Waals surface area (Å²) in [6, 6.07) is 5.12. The summed E-state index contributed by atoms with van der Waals surface area (Å²) >= 11 is 0. The van der Waals surface area contributed by atoms with Crippen LogP contribution in [0.1, 0.15) is 5.56 Å². The number of hydrogen-bond donors (Lipinski definition) is 1. The molecule has 0 fully saturated rings. The number of carbonyl (C=O) groups is 1. The van der Waals surface area contributed by atoms with Gasteiger partial charge in [0.05, 0.1) is 12.8 Å². The Kier molecular flexibility index (Phi) is 2.93. The molecule has 13 heavy (non-hydrogen) atoms. The average Bonchev–Trinajstić information content (AvgIpc) is 2.15. The second-order valence-electron chi connectivity index (χ2n) is 2.34. The van der Waals surface area contributed by atoms with E-state index in [-0.39, 0.29) is 0 Å². The van der Waals surface area contributed by atoms with Crippen molar-refractivity contribution in [2.45, 2.75) is 0 Å². The predicted octanol–water partition coefficient (Wildman–Crippen LogP) is 0.828. The molecule has 0 atom stereocenters. The highest BCUT2D eigenvalue weighted by molar-refractivity contribution is 5.74. The molecule has 0 unspecified atom stereocenters. The van der Waals surface area contributed by atoms with Crippen LogP contribution >= 0.6 is 0 Å². The van der Waals surface area contributed by atoms with E-state index in [0.717, 1.165) is 0 Å². The molecule has 3 nitrogen and oxygen atoms in total. The van der Waals surface area contributed by atoms with E-state index in [0.29, 0.717) is 23.3 Å². The Morgan fingerprint density at radius 1 is 1.54 bits per heavy atom. The summed E-state index contributed by atoms with van der Waals surface area (Å²) in [5.74, 6) is 5.54. The number of carbonyl (C=O) groups excluding carboxylic acids is 1. The van der Waals surface area contributed by atoms with Crippen molar-refractivity contribution in [3.8, 4) is 17.6 Å². The fourth-order valence-corrected chi connectivity index (χ4v) is 0.925. The van der Waals surface area contributed by atoms with Gasteiger partial charge in [-0.3, -0.25) is 4.79 Å². The van der Waals surface area contributed by atoms with Gasteiger partial charge in [0.15, 0.2) is 6.29 Å². The lowest BCUT2D eigenvalue weighted by atomic mass is 10.2. The predicted molar refractivity (Wildman–Crippen MR) is 50.3 cm³/mol. The van der Waals surface area contributed by atoms with Gasteiger partial charge >= 0.3 is 0 Å². The van der Waals surface area contributed by atoms with E-state index < -0.39 is 0 Å². The molecule has 0 bridgehead atoms. The zero-order valence-electron chi connectivity index (χ0n) is 7.20. The second kappa shape index (κ2) is 4.17. The van der Waals surface area contributed by atoms with E-state index in [4.69, 9.17) is 10.5 Å². The number of rotatable bonds is 1. The molecule has 2 N–H and O–H groups in total. The van der Waals surface area contributed by atoms with Crippen molar-refractivity contribution in [2.24, 2.45) is 0 Å². The van der Waals surface area contributed by atoms with Gasteiger partial charge in [0.2, 0.25) is 0 Å². The topological polar surface area (TPSA) is 52.3 Å². The van der Waals surface area contributed by atoms with Gasteiger partial charge in [-0.1, -0.05) is 5.92 Å². The molecule has 3 heteroatoms. The Labute approximate surface area is 76.5 Å². The minimum absolute atomic E-state index is 0.514. The lowest BCUT2D eigenvalue weighted by Crippen LogP contribution is -1.92. The van der Waals surface area contributed by atoms with Crippen LogP contribution in [0.25, 0.3) is 0 Å². The summed E-state index contributed by atoms with van der Waals surface area (Å²) in [5, 5.41) is 0. The van der Waals surface area contributed by atoms with E-state index in [2.05, 4.69) is 11.8 Å². The summed E-state index contributed by atoms with van der Waals surface area (Å²) in [7, 11) is 1.54. The van der Waals surface area contributed by atoms with Crippen LogP contribution in [-0.4, -0.2) is 13.4 Å². The van der Waals surface area contributed by atoms with E-state index in [1.807, 2.05) is 0 Å². The van der Waals surface area contributed by atoms with Crippen LogP contribution in [0.2, 0.25) is 0 Å². The van der Waals surface area contributed by atoms with E-state index in [1.54, 1.807) is 25.3 Å². The largest absolute Gasteiger partial charge is 0.495 e. The van der Waals surface area contributed by atoms with Gasteiger partial charge in [0, 0.05) is 5.56 Å². The minimum Gasteiger partial charge on any atom is -0.495 e. The average molecular weight is 175 g/mol. The molecule has 0 saturated carbocycles. The number of nitrogen functional groups attached to an aromatic ring is 1. The van der Waals surface area contributed by atoms with Gasteiger partial charge in [-0.25, -0.2) is 0 Å². The van der Waals surface area contributed by atoms with Crippen molar-refractivity contribution in [1.82, 2.24) is 0 Å². The number of aldehydes is 1. The normalized spacial score (nSPS) is 8.38. The number of methoxy groups -OCH3 is 1. The van der Waals surface area contributed by atoms with Gasteiger partial charge in [0.1, 0.15) is 5.75 Å². The first kappa shape index (κ1) is 9.14. The molecule has 1 aromatic carbocycles. The van der Waals surface area contributed by atoms with Crippen LogP contribution in [-0.2, 0) is 4.79 Å². The molecule has 1 rings (SSSR count). The molecule has 66 valence electrons. The first-order chi connectivity index (χ1) is 6.27. The summed E-state index contributed by atoms with van der Waals surface area (Å²) in [4.78, 5) is 9.96. The maximum absolute atomic E-state index is 9.96. The van der Waals surface area contributed by atoms with Crippen molar-refractivity contribution in [1.29, 1.82) is 0 Å². The fraction of sp³-hybridized carbons (Fsp3) is 0.100. The van der Waals surface area contributed by atoms with Crippen LogP contribution in [0.15, 0.2) is 18.2 Å². The van der Waals surface area contributed by atoms with Crippen LogP contribution in [0.4, 0.5) is 5.69 Å². The standard InChI is InChI=1S/C10H9NO2/c1-13-10-5-4-8(3-2-6-12)7-9(10)11/h4-7H,11H2,1H3. The van der Waals surface area contributed by atoms with Crippen LogP contribution in [0, 0.1) is 11.8 Å². The van der Waals surface area contributed by atoms with E-state index in [1.165, 1.54) is 0 Å². The van der Waals surface area contributed by atoms with Gasteiger partial charge in [0.25, 0.3) is 0 Å². The van der Waals surface area contributed by atoms with Gasteiger partial charge < -0.3 is 10.5 Å². The molecule has 0 heterocycles. The highest BCUT2D eigenvalue weighted by Crippen LogP contribution is 2.21. The number of anilines is 1. The van der Waals surface area contributed by atoms with Crippen LogP contribution in [0.5, 0.6) is 5.75 Å². The molecule has 0 aliphatic rings. The van der Waals surface area contributed by atoms with Gasteiger partial charge in [-0.2, -0.15) is 0 Å². The Bertz CT molecular complexity index is 374. The fourth-order valence-electron chi connectivity index (χ4n) is 0.925. The van der Waals surface area contributed by atoms with Crippen LogP contribution in [0.3, 0.4) is 0 Å². The summed E-state index contributed by atoms with van der Waals surface area (Å²) in [5.41, 5.74) is 6.84. The summed E-state index contributed by atoms with van der Waals surface area (Å²) in [6.07, 6.45) is 0.542.